The van der Waals surface area contributed by atoms with Crippen LogP contribution in [0.2, 0.25) is 5.02 Å². The summed E-state index contributed by atoms with van der Waals surface area (Å²) in [4.78, 5) is 34.2. The summed E-state index contributed by atoms with van der Waals surface area (Å²) in [5.74, 6) is -0.714. The molecule has 2 aliphatic heterocycles. The number of benzene rings is 3. The molecular formula is C25H21ClN2O4. The van der Waals surface area contributed by atoms with Crippen molar-refractivity contribution in [1.82, 2.24) is 0 Å². The number of halogens is 1. The lowest BCUT2D eigenvalue weighted by atomic mass is 9.90. The number of anilines is 2. The molecule has 0 unspecified atom stereocenters. The van der Waals surface area contributed by atoms with Crippen molar-refractivity contribution in [2.75, 3.05) is 16.6 Å². The van der Waals surface area contributed by atoms with Gasteiger partial charge in [-0.25, -0.2) is 9.96 Å². The molecule has 2 fully saturated rings. The first-order valence-electron chi connectivity index (χ1n) is 10.5. The number of imide groups is 1. The van der Waals surface area contributed by atoms with Crippen LogP contribution >= 0.6 is 11.6 Å². The SMILES string of the molecule is CCOc1ccc([C@H]2[C@@H]3C(=O)N(c4ccccc4Cl)C(=O)[C@H]3ON2c2ccccc2)cc1. The number of rotatable bonds is 5. The summed E-state index contributed by atoms with van der Waals surface area (Å²) >= 11 is 6.31. The summed E-state index contributed by atoms with van der Waals surface area (Å²) < 4.78 is 5.56. The molecular weight excluding hydrogens is 428 g/mol. The molecule has 2 saturated heterocycles. The molecule has 0 aliphatic carbocycles. The van der Waals surface area contributed by atoms with Crippen LogP contribution in [0.4, 0.5) is 11.4 Å². The topological polar surface area (TPSA) is 59.1 Å². The van der Waals surface area contributed by atoms with Gasteiger partial charge in [0.15, 0.2) is 6.10 Å². The normalized spacial score (nSPS) is 22.4. The van der Waals surface area contributed by atoms with E-state index < -0.39 is 24.0 Å². The number of carbonyl (C=O) groups is 2. The van der Waals surface area contributed by atoms with E-state index >= 15 is 0 Å². The molecule has 0 bridgehead atoms. The largest absolute Gasteiger partial charge is 0.494 e. The van der Waals surface area contributed by atoms with Gasteiger partial charge < -0.3 is 4.74 Å². The fourth-order valence-electron chi connectivity index (χ4n) is 4.35. The molecule has 6 nitrogen and oxygen atoms in total. The predicted octanol–water partition coefficient (Wildman–Crippen LogP) is 4.79. The fourth-order valence-corrected chi connectivity index (χ4v) is 4.57. The smallest absolute Gasteiger partial charge is 0.266 e. The summed E-state index contributed by atoms with van der Waals surface area (Å²) in [6, 6.07) is 23.4. The maximum Gasteiger partial charge on any atom is 0.266 e. The van der Waals surface area contributed by atoms with Crippen molar-refractivity contribution < 1.29 is 19.2 Å². The number of hydrogen-bond acceptors (Lipinski definition) is 5. The van der Waals surface area contributed by atoms with Crippen LogP contribution < -0.4 is 14.7 Å². The molecule has 32 heavy (non-hydrogen) atoms. The standard InChI is InChI=1S/C25H21ClN2O4/c1-2-31-18-14-12-16(13-15-18)22-21-23(32-28(22)17-8-4-3-5-9-17)25(30)27(24(21)29)20-11-7-6-10-19(20)26/h3-15,21-23H,2H2,1H3/t21-,22-,23-/m0/s1. The second-order valence-electron chi connectivity index (χ2n) is 7.62. The Morgan fingerprint density at radius 1 is 0.906 bits per heavy atom. The molecule has 3 aromatic carbocycles. The molecule has 0 spiro atoms. The zero-order valence-electron chi connectivity index (χ0n) is 17.4. The molecule has 2 heterocycles. The summed E-state index contributed by atoms with van der Waals surface area (Å²) in [6.45, 7) is 2.49. The molecule has 5 rings (SSSR count). The minimum absolute atomic E-state index is 0.328. The number of hydrogen-bond donors (Lipinski definition) is 0. The van der Waals surface area contributed by atoms with Gasteiger partial charge in [0.1, 0.15) is 11.7 Å². The Bertz CT molecular complexity index is 1150. The molecule has 162 valence electrons. The van der Waals surface area contributed by atoms with Crippen LogP contribution in [0.15, 0.2) is 78.9 Å². The van der Waals surface area contributed by atoms with Gasteiger partial charge >= 0.3 is 0 Å². The van der Waals surface area contributed by atoms with Crippen molar-refractivity contribution in [2.45, 2.75) is 19.1 Å². The molecule has 0 aromatic heterocycles. The Morgan fingerprint density at radius 2 is 1.59 bits per heavy atom. The Hall–Kier alpha value is -3.35. The van der Waals surface area contributed by atoms with Gasteiger partial charge in [0.05, 0.1) is 29.0 Å². The van der Waals surface area contributed by atoms with Gasteiger partial charge in [-0.05, 0) is 48.9 Å². The van der Waals surface area contributed by atoms with Gasteiger partial charge in [0.25, 0.3) is 5.91 Å². The average Bonchev–Trinajstić information content (AvgIpc) is 3.32. The van der Waals surface area contributed by atoms with Crippen LogP contribution in [0.5, 0.6) is 5.75 Å². The van der Waals surface area contributed by atoms with Crippen molar-refractivity contribution in [1.29, 1.82) is 0 Å². The van der Waals surface area contributed by atoms with Crippen LogP contribution in [-0.4, -0.2) is 24.5 Å². The molecule has 3 aromatic rings. The number of ether oxygens (including phenoxy) is 1. The molecule has 7 heteroatoms. The molecule has 0 saturated carbocycles. The molecule has 3 atom stereocenters. The summed E-state index contributed by atoms with van der Waals surface area (Å²) in [5, 5.41) is 2.01. The van der Waals surface area contributed by atoms with Crippen molar-refractivity contribution in [3.05, 3.63) is 89.4 Å². The van der Waals surface area contributed by atoms with E-state index in [1.165, 1.54) is 0 Å². The number of hydroxylamine groups is 1. The Kier molecular flexibility index (Phi) is 5.33. The molecule has 2 amide bonds. The van der Waals surface area contributed by atoms with E-state index in [1.54, 1.807) is 29.3 Å². The highest BCUT2D eigenvalue weighted by atomic mass is 35.5. The van der Waals surface area contributed by atoms with Gasteiger partial charge in [-0.3, -0.25) is 14.4 Å². The second-order valence-corrected chi connectivity index (χ2v) is 8.03. The van der Waals surface area contributed by atoms with Gasteiger partial charge in [-0.15, -0.1) is 0 Å². The van der Waals surface area contributed by atoms with Crippen LogP contribution in [0.1, 0.15) is 18.5 Å². The zero-order chi connectivity index (χ0) is 22.2. The number of amides is 2. The monoisotopic (exact) mass is 448 g/mol. The van der Waals surface area contributed by atoms with E-state index in [4.69, 9.17) is 21.2 Å². The number of para-hydroxylation sites is 2. The lowest BCUT2D eigenvalue weighted by molar-refractivity contribution is -0.126. The Balaban J connectivity index is 1.57. The highest BCUT2D eigenvalue weighted by molar-refractivity contribution is 6.36. The highest BCUT2D eigenvalue weighted by Crippen LogP contribution is 2.48. The van der Waals surface area contributed by atoms with Gasteiger partial charge in [0.2, 0.25) is 5.91 Å². The van der Waals surface area contributed by atoms with E-state index in [0.29, 0.717) is 17.3 Å². The van der Waals surface area contributed by atoms with Crippen molar-refractivity contribution in [3.63, 3.8) is 0 Å². The van der Waals surface area contributed by atoms with E-state index in [0.717, 1.165) is 21.9 Å². The van der Waals surface area contributed by atoms with Gasteiger partial charge in [-0.2, -0.15) is 0 Å². The lowest BCUT2D eigenvalue weighted by Crippen LogP contribution is -2.37. The van der Waals surface area contributed by atoms with Gasteiger partial charge in [0, 0.05) is 0 Å². The lowest BCUT2D eigenvalue weighted by Gasteiger charge is -2.29. The van der Waals surface area contributed by atoms with E-state index in [1.807, 2.05) is 61.5 Å². The first-order chi connectivity index (χ1) is 15.6. The minimum Gasteiger partial charge on any atom is -0.494 e. The second kappa shape index (κ2) is 8.30. The summed E-state index contributed by atoms with van der Waals surface area (Å²) in [5.41, 5.74) is 2.00. The zero-order valence-corrected chi connectivity index (χ0v) is 18.1. The van der Waals surface area contributed by atoms with Gasteiger partial charge in [-0.1, -0.05) is 54.1 Å². The maximum absolute atomic E-state index is 13.6. The van der Waals surface area contributed by atoms with E-state index in [-0.39, 0.29) is 5.91 Å². The van der Waals surface area contributed by atoms with Crippen molar-refractivity contribution >= 4 is 34.8 Å². The van der Waals surface area contributed by atoms with E-state index in [2.05, 4.69) is 0 Å². The number of nitrogens with zero attached hydrogens (tertiary/aromatic N) is 2. The van der Waals surface area contributed by atoms with Crippen molar-refractivity contribution in [3.8, 4) is 5.75 Å². The number of fused-ring (bicyclic) bond motifs is 1. The predicted molar refractivity (Wildman–Crippen MR) is 122 cm³/mol. The third-order valence-corrected chi connectivity index (χ3v) is 6.07. The average molecular weight is 449 g/mol. The quantitative estimate of drug-likeness (QED) is 0.525. The van der Waals surface area contributed by atoms with Crippen molar-refractivity contribution in [2.24, 2.45) is 5.92 Å². The molecule has 0 N–H and O–H groups in total. The van der Waals surface area contributed by atoms with Crippen LogP contribution in [-0.2, 0) is 14.4 Å². The Morgan fingerprint density at radius 3 is 2.28 bits per heavy atom. The highest BCUT2D eigenvalue weighted by Gasteiger charge is 2.60. The maximum atomic E-state index is 13.6. The van der Waals surface area contributed by atoms with E-state index in [9.17, 15) is 9.59 Å². The van der Waals surface area contributed by atoms with Crippen LogP contribution in [0.25, 0.3) is 0 Å². The molecule has 2 aliphatic rings. The third-order valence-electron chi connectivity index (χ3n) is 5.75. The fraction of sp³-hybridized carbons (Fsp3) is 0.200. The third kappa shape index (κ3) is 3.32. The summed E-state index contributed by atoms with van der Waals surface area (Å²) in [6.07, 6.45) is -0.935. The first-order valence-corrected chi connectivity index (χ1v) is 10.8. The number of carbonyl (C=O) groups excluding carboxylic acids is 2. The summed E-state index contributed by atoms with van der Waals surface area (Å²) in [7, 11) is 0. The minimum atomic E-state index is -0.935. The molecule has 0 radical (unpaired) electrons. The van der Waals surface area contributed by atoms with Crippen LogP contribution in [0.3, 0.4) is 0 Å². The Labute approximate surface area is 190 Å². The van der Waals surface area contributed by atoms with Crippen LogP contribution in [0, 0.1) is 5.92 Å². The first kappa shape index (κ1) is 20.5.